The summed E-state index contributed by atoms with van der Waals surface area (Å²) in [6, 6.07) is 13.1. The van der Waals surface area contributed by atoms with Crippen LogP contribution in [0.15, 0.2) is 64.8 Å². The molecule has 0 bridgehead atoms. The lowest BCUT2D eigenvalue weighted by molar-refractivity contribution is -0.384. The minimum atomic E-state index is -0.764. The average molecular weight is 391 g/mol. The molecule has 0 radical (unpaired) electrons. The summed E-state index contributed by atoms with van der Waals surface area (Å²) in [5.74, 6) is 0.588. The number of fused-ring (bicyclic) bond motifs is 1. The number of Topliss-reactive ketones (excluding diaryl/α,β-unsaturated/α-hetero) is 1. The van der Waals surface area contributed by atoms with Crippen molar-refractivity contribution in [2.45, 2.75) is 6.92 Å². The average Bonchev–Trinajstić information content (AvgIpc) is 3.25. The number of rotatable bonds is 4. The van der Waals surface area contributed by atoms with Crippen molar-refractivity contribution in [1.29, 1.82) is 0 Å². The molecule has 0 aliphatic carbocycles. The van der Waals surface area contributed by atoms with Crippen molar-refractivity contribution >= 4 is 23.5 Å². The fourth-order valence-electron chi connectivity index (χ4n) is 2.80. The fourth-order valence-corrected chi connectivity index (χ4v) is 2.80. The van der Waals surface area contributed by atoms with Gasteiger partial charge in [0.05, 0.1) is 16.1 Å². The first kappa shape index (κ1) is 18.2. The highest BCUT2D eigenvalue weighted by molar-refractivity contribution is 6.14. The second kappa shape index (κ2) is 7.08. The SMILES string of the molecule is Cc1ccc(/C=C2/Oc3cc(OC(=O)c4cccc([N+](=O)[O-])c4)ccc3C2=O)o1. The van der Waals surface area contributed by atoms with E-state index in [-0.39, 0.29) is 34.3 Å². The van der Waals surface area contributed by atoms with Crippen LogP contribution < -0.4 is 9.47 Å². The van der Waals surface area contributed by atoms with Gasteiger partial charge in [-0.25, -0.2) is 4.79 Å². The van der Waals surface area contributed by atoms with Crippen LogP contribution in [-0.4, -0.2) is 16.7 Å². The van der Waals surface area contributed by atoms with Crippen LogP contribution in [0.4, 0.5) is 5.69 Å². The van der Waals surface area contributed by atoms with E-state index < -0.39 is 10.9 Å². The minimum absolute atomic E-state index is 0.0328. The number of benzene rings is 2. The number of carbonyl (C=O) groups is 2. The molecule has 0 atom stereocenters. The summed E-state index contributed by atoms with van der Waals surface area (Å²) in [6.07, 6.45) is 1.49. The molecule has 4 rings (SSSR count). The van der Waals surface area contributed by atoms with Crippen molar-refractivity contribution in [1.82, 2.24) is 0 Å². The minimum Gasteiger partial charge on any atom is -0.462 e. The highest BCUT2D eigenvalue weighted by Crippen LogP contribution is 2.35. The molecular formula is C21H13NO7. The third-order valence-corrected chi connectivity index (χ3v) is 4.18. The summed E-state index contributed by atoms with van der Waals surface area (Å²) >= 11 is 0. The monoisotopic (exact) mass is 391 g/mol. The van der Waals surface area contributed by atoms with Crippen molar-refractivity contribution in [3.8, 4) is 11.5 Å². The molecule has 0 N–H and O–H groups in total. The lowest BCUT2D eigenvalue weighted by atomic mass is 10.1. The van der Waals surface area contributed by atoms with Crippen LogP contribution in [0.5, 0.6) is 11.5 Å². The van der Waals surface area contributed by atoms with E-state index in [1.807, 2.05) is 0 Å². The first-order valence-corrected chi connectivity index (χ1v) is 8.52. The maximum atomic E-state index is 12.5. The van der Waals surface area contributed by atoms with Gasteiger partial charge in [-0.1, -0.05) is 6.07 Å². The number of esters is 1. The van der Waals surface area contributed by atoms with Gasteiger partial charge in [-0.05, 0) is 37.3 Å². The Balaban J connectivity index is 1.54. The molecule has 2 aromatic carbocycles. The van der Waals surface area contributed by atoms with Gasteiger partial charge in [0.25, 0.3) is 5.69 Å². The topological polar surface area (TPSA) is 109 Å². The molecule has 0 saturated heterocycles. The maximum absolute atomic E-state index is 12.5. The zero-order valence-electron chi connectivity index (χ0n) is 15.1. The van der Waals surface area contributed by atoms with Crippen LogP contribution in [0, 0.1) is 17.0 Å². The fraction of sp³-hybridized carbons (Fsp3) is 0.0476. The second-order valence-electron chi connectivity index (χ2n) is 6.24. The first-order chi connectivity index (χ1) is 13.9. The first-order valence-electron chi connectivity index (χ1n) is 8.52. The van der Waals surface area contributed by atoms with Crippen molar-refractivity contribution < 1.29 is 28.4 Å². The Bertz CT molecular complexity index is 1190. The number of nitro benzene ring substituents is 1. The summed E-state index contributed by atoms with van der Waals surface area (Å²) in [6.45, 7) is 1.79. The molecule has 8 heteroatoms. The highest BCUT2D eigenvalue weighted by atomic mass is 16.6. The number of non-ortho nitro benzene ring substituents is 1. The van der Waals surface area contributed by atoms with Crippen LogP contribution >= 0.6 is 0 Å². The molecule has 0 spiro atoms. The largest absolute Gasteiger partial charge is 0.462 e. The van der Waals surface area contributed by atoms with Crippen molar-refractivity contribution in [2.24, 2.45) is 0 Å². The number of hydrogen-bond donors (Lipinski definition) is 0. The second-order valence-corrected chi connectivity index (χ2v) is 6.24. The lowest BCUT2D eigenvalue weighted by Crippen LogP contribution is -2.08. The summed E-state index contributed by atoms with van der Waals surface area (Å²) in [5, 5.41) is 10.8. The van der Waals surface area contributed by atoms with Gasteiger partial charge in [-0.15, -0.1) is 0 Å². The Labute approximate surface area is 164 Å². The molecule has 2 heterocycles. The molecule has 29 heavy (non-hydrogen) atoms. The van der Waals surface area contributed by atoms with Crippen LogP contribution in [0.2, 0.25) is 0 Å². The molecule has 1 aromatic heterocycles. The van der Waals surface area contributed by atoms with E-state index in [4.69, 9.17) is 13.9 Å². The Hall–Kier alpha value is -4.20. The maximum Gasteiger partial charge on any atom is 0.343 e. The number of hydrogen-bond acceptors (Lipinski definition) is 7. The number of nitrogens with zero attached hydrogens (tertiary/aromatic N) is 1. The molecular weight excluding hydrogens is 378 g/mol. The molecule has 0 fully saturated rings. The van der Waals surface area contributed by atoms with Crippen molar-refractivity contribution in [2.75, 3.05) is 0 Å². The Kier molecular flexibility index (Phi) is 4.44. The van der Waals surface area contributed by atoms with Gasteiger partial charge in [0.15, 0.2) is 5.76 Å². The summed E-state index contributed by atoms with van der Waals surface area (Å²) in [4.78, 5) is 35.0. The number of aryl methyl sites for hydroxylation is 1. The van der Waals surface area contributed by atoms with Gasteiger partial charge in [0.1, 0.15) is 23.0 Å². The van der Waals surface area contributed by atoms with E-state index >= 15 is 0 Å². The van der Waals surface area contributed by atoms with Gasteiger partial charge in [-0.3, -0.25) is 14.9 Å². The van der Waals surface area contributed by atoms with Crippen LogP contribution in [0.1, 0.15) is 32.2 Å². The third-order valence-electron chi connectivity index (χ3n) is 4.18. The standard InChI is InChI=1S/C21H13NO7/c1-12-5-6-15(27-12)11-19-20(23)17-8-7-16(10-18(17)29-19)28-21(24)13-3-2-4-14(9-13)22(25)26/h2-11H,1H3/b19-11+. The van der Waals surface area contributed by atoms with E-state index in [1.54, 1.807) is 19.1 Å². The van der Waals surface area contributed by atoms with Crippen LogP contribution in [0.25, 0.3) is 6.08 Å². The highest BCUT2D eigenvalue weighted by Gasteiger charge is 2.28. The van der Waals surface area contributed by atoms with Gasteiger partial charge < -0.3 is 13.9 Å². The predicted molar refractivity (Wildman–Crippen MR) is 101 cm³/mol. The van der Waals surface area contributed by atoms with E-state index in [2.05, 4.69) is 0 Å². The number of ketones is 1. The van der Waals surface area contributed by atoms with Gasteiger partial charge in [0.2, 0.25) is 5.78 Å². The molecule has 1 aliphatic heterocycles. The summed E-state index contributed by atoms with van der Waals surface area (Å²) in [7, 11) is 0. The number of furan rings is 1. The molecule has 144 valence electrons. The van der Waals surface area contributed by atoms with Crippen molar-refractivity contribution in [3.63, 3.8) is 0 Å². The lowest BCUT2D eigenvalue weighted by Gasteiger charge is -2.05. The quantitative estimate of drug-likeness (QED) is 0.214. The molecule has 1 aliphatic rings. The smallest absolute Gasteiger partial charge is 0.343 e. The van der Waals surface area contributed by atoms with E-state index in [0.717, 1.165) is 6.07 Å². The Morgan fingerprint density at radius 3 is 2.69 bits per heavy atom. The zero-order valence-corrected chi connectivity index (χ0v) is 15.1. The molecule has 0 amide bonds. The number of carbonyl (C=O) groups excluding carboxylic acids is 2. The predicted octanol–water partition coefficient (Wildman–Crippen LogP) is 4.33. The normalized spacial score (nSPS) is 13.8. The van der Waals surface area contributed by atoms with Crippen LogP contribution in [-0.2, 0) is 0 Å². The molecule has 3 aromatic rings. The zero-order chi connectivity index (χ0) is 20.5. The Morgan fingerprint density at radius 2 is 1.97 bits per heavy atom. The van der Waals surface area contributed by atoms with E-state index in [1.165, 1.54) is 42.5 Å². The summed E-state index contributed by atoms with van der Waals surface area (Å²) in [5.41, 5.74) is 0.144. The molecule has 0 unspecified atom stereocenters. The third kappa shape index (κ3) is 3.63. The van der Waals surface area contributed by atoms with Crippen molar-refractivity contribution in [3.05, 3.63) is 93.1 Å². The summed E-state index contributed by atoms with van der Waals surface area (Å²) < 4.78 is 16.3. The number of nitro groups is 1. The molecule has 8 nitrogen and oxygen atoms in total. The van der Waals surface area contributed by atoms with E-state index in [9.17, 15) is 19.7 Å². The van der Waals surface area contributed by atoms with Gasteiger partial charge >= 0.3 is 5.97 Å². The number of ether oxygens (including phenoxy) is 2. The van der Waals surface area contributed by atoms with Gasteiger partial charge in [-0.2, -0.15) is 0 Å². The number of allylic oxidation sites excluding steroid dienone is 1. The van der Waals surface area contributed by atoms with Gasteiger partial charge in [0, 0.05) is 24.3 Å². The van der Waals surface area contributed by atoms with Crippen LogP contribution in [0.3, 0.4) is 0 Å². The van der Waals surface area contributed by atoms with E-state index in [0.29, 0.717) is 17.1 Å². The molecule has 0 saturated carbocycles. The Morgan fingerprint density at radius 1 is 1.14 bits per heavy atom.